The van der Waals surface area contributed by atoms with Gasteiger partial charge in [0.1, 0.15) is 5.69 Å². The second-order valence-electron chi connectivity index (χ2n) is 3.32. The Morgan fingerprint density at radius 2 is 2.18 bits per heavy atom. The molecule has 0 atom stereocenters. The lowest BCUT2D eigenvalue weighted by Crippen LogP contribution is -2.20. The summed E-state index contributed by atoms with van der Waals surface area (Å²) in [6.45, 7) is 5.22. The molecular formula is C10H13N5OS. The van der Waals surface area contributed by atoms with Crippen molar-refractivity contribution in [2.45, 2.75) is 20.4 Å². The van der Waals surface area contributed by atoms with Gasteiger partial charge in [-0.25, -0.2) is 4.68 Å². The van der Waals surface area contributed by atoms with Crippen molar-refractivity contribution in [1.29, 1.82) is 0 Å². The Morgan fingerprint density at radius 3 is 2.88 bits per heavy atom. The lowest BCUT2D eigenvalue weighted by molar-refractivity contribution is 0.618. The molecule has 0 aliphatic rings. The molecule has 2 rings (SSSR count). The maximum absolute atomic E-state index is 11.4. The molecule has 0 aliphatic carbocycles. The Morgan fingerprint density at radius 1 is 1.35 bits per heavy atom. The molecule has 6 nitrogen and oxygen atoms in total. The number of hydrogen-bond donors (Lipinski definition) is 1. The minimum Gasteiger partial charge on any atom is -0.360 e. The summed E-state index contributed by atoms with van der Waals surface area (Å²) in [5, 5.41) is 16.8. The normalized spacial score (nSPS) is 10.5. The van der Waals surface area contributed by atoms with Gasteiger partial charge in [-0.3, -0.25) is 4.79 Å². The van der Waals surface area contributed by atoms with Gasteiger partial charge in [0.2, 0.25) is 5.13 Å². The number of nitrogens with zero attached hydrogens (tertiary/aromatic N) is 4. The summed E-state index contributed by atoms with van der Waals surface area (Å²) in [5.74, 6) is 0. The van der Waals surface area contributed by atoms with Crippen LogP contribution in [0.3, 0.4) is 0 Å². The van der Waals surface area contributed by atoms with Gasteiger partial charge in [0.05, 0.1) is 0 Å². The summed E-state index contributed by atoms with van der Waals surface area (Å²) < 4.78 is 1.41. The smallest absolute Gasteiger partial charge is 0.266 e. The first-order valence-electron chi connectivity index (χ1n) is 5.40. The van der Waals surface area contributed by atoms with Crippen LogP contribution in [0.1, 0.15) is 13.8 Å². The van der Waals surface area contributed by atoms with Crippen molar-refractivity contribution in [2.24, 2.45) is 0 Å². The lowest BCUT2D eigenvalue weighted by atomic mass is 10.4. The van der Waals surface area contributed by atoms with Gasteiger partial charge < -0.3 is 5.32 Å². The predicted molar refractivity (Wildman–Crippen MR) is 67.2 cm³/mol. The van der Waals surface area contributed by atoms with E-state index < -0.39 is 0 Å². The molecular weight excluding hydrogens is 238 g/mol. The summed E-state index contributed by atoms with van der Waals surface area (Å²) in [7, 11) is 0. The molecule has 2 aromatic heterocycles. The predicted octanol–water partition coefficient (Wildman–Crippen LogP) is 1.21. The first-order chi connectivity index (χ1) is 8.24. The molecule has 0 aliphatic heterocycles. The number of anilines is 1. The molecule has 90 valence electrons. The third-order valence-corrected chi connectivity index (χ3v) is 3.04. The van der Waals surface area contributed by atoms with Crippen LogP contribution < -0.4 is 10.9 Å². The molecule has 0 amide bonds. The van der Waals surface area contributed by atoms with E-state index >= 15 is 0 Å². The molecule has 7 heteroatoms. The van der Waals surface area contributed by atoms with Crippen molar-refractivity contribution in [3.8, 4) is 10.7 Å². The highest BCUT2D eigenvalue weighted by molar-refractivity contribution is 7.18. The van der Waals surface area contributed by atoms with E-state index in [-0.39, 0.29) is 5.56 Å². The second-order valence-corrected chi connectivity index (χ2v) is 4.29. The molecule has 0 radical (unpaired) electrons. The number of aryl methyl sites for hydroxylation is 1. The average molecular weight is 251 g/mol. The molecule has 2 heterocycles. The number of hydrogen-bond acceptors (Lipinski definition) is 6. The third-order valence-electron chi connectivity index (χ3n) is 2.14. The molecule has 17 heavy (non-hydrogen) atoms. The summed E-state index contributed by atoms with van der Waals surface area (Å²) in [6, 6.07) is 3.17. The highest BCUT2D eigenvalue weighted by Gasteiger charge is 2.08. The van der Waals surface area contributed by atoms with Crippen LogP contribution in [-0.2, 0) is 6.54 Å². The van der Waals surface area contributed by atoms with Gasteiger partial charge in [-0.15, -0.1) is 10.2 Å². The Kier molecular flexibility index (Phi) is 3.48. The first kappa shape index (κ1) is 11.7. The van der Waals surface area contributed by atoms with Gasteiger partial charge in [-0.1, -0.05) is 11.3 Å². The van der Waals surface area contributed by atoms with Gasteiger partial charge in [0.15, 0.2) is 5.01 Å². The van der Waals surface area contributed by atoms with Crippen molar-refractivity contribution < 1.29 is 0 Å². The largest absolute Gasteiger partial charge is 0.360 e. The van der Waals surface area contributed by atoms with E-state index in [1.165, 1.54) is 22.1 Å². The fraction of sp³-hybridized carbons (Fsp3) is 0.400. The minimum absolute atomic E-state index is 0.104. The maximum atomic E-state index is 11.4. The number of nitrogens with one attached hydrogen (secondary N) is 1. The van der Waals surface area contributed by atoms with Crippen LogP contribution in [0.4, 0.5) is 5.13 Å². The summed E-state index contributed by atoms with van der Waals surface area (Å²) in [5.41, 5.74) is 0.570. The van der Waals surface area contributed by atoms with E-state index in [1.807, 2.05) is 13.8 Å². The Hall–Kier alpha value is -1.76. The fourth-order valence-corrected chi connectivity index (χ4v) is 2.12. The van der Waals surface area contributed by atoms with E-state index in [1.54, 1.807) is 6.07 Å². The molecule has 2 aromatic rings. The highest BCUT2D eigenvalue weighted by Crippen LogP contribution is 2.23. The third kappa shape index (κ3) is 2.50. The van der Waals surface area contributed by atoms with E-state index in [9.17, 15) is 4.79 Å². The quantitative estimate of drug-likeness (QED) is 0.884. The van der Waals surface area contributed by atoms with Crippen LogP contribution in [0.25, 0.3) is 10.7 Å². The summed E-state index contributed by atoms with van der Waals surface area (Å²) in [4.78, 5) is 11.4. The highest BCUT2D eigenvalue weighted by atomic mass is 32.1. The topological polar surface area (TPSA) is 72.7 Å². The molecule has 0 aromatic carbocycles. The van der Waals surface area contributed by atoms with Crippen LogP contribution in [0.2, 0.25) is 0 Å². The number of rotatable bonds is 4. The monoisotopic (exact) mass is 251 g/mol. The Labute approximate surface area is 102 Å². The van der Waals surface area contributed by atoms with Crippen molar-refractivity contribution in [2.75, 3.05) is 11.9 Å². The van der Waals surface area contributed by atoms with Gasteiger partial charge >= 0.3 is 0 Å². The molecule has 1 N–H and O–H groups in total. The van der Waals surface area contributed by atoms with E-state index in [0.717, 1.165) is 11.7 Å². The van der Waals surface area contributed by atoms with E-state index in [2.05, 4.69) is 20.6 Å². The standard InChI is InChI=1S/C10H13N5OS/c1-3-11-10-13-12-9(17-10)7-5-6-8(16)15(4-2)14-7/h5-6H,3-4H2,1-2H3,(H,11,13). The van der Waals surface area contributed by atoms with Crippen LogP contribution in [0.15, 0.2) is 16.9 Å². The van der Waals surface area contributed by atoms with Gasteiger partial charge in [-0.2, -0.15) is 5.10 Å². The SMILES string of the molecule is CCNc1nnc(-c2ccc(=O)n(CC)n2)s1. The molecule has 0 saturated heterocycles. The average Bonchev–Trinajstić information content (AvgIpc) is 2.79. The summed E-state index contributed by atoms with van der Waals surface area (Å²) in [6.07, 6.45) is 0. The van der Waals surface area contributed by atoms with Gasteiger partial charge in [0.25, 0.3) is 5.56 Å². The zero-order valence-corrected chi connectivity index (χ0v) is 10.5. The van der Waals surface area contributed by atoms with E-state index in [4.69, 9.17) is 0 Å². The van der Waals surface area contributed by atoms with Gasteiger partial charge in [-0.05, 0) is 19.9 Å². The molecule has 0 bridgehead atoms. The minimum atomic E-state index is -0.104. The molecule has 0 spiro atoms. The van der Waals surface area contributed by atoms with Crippen molar-refractivity contribution >= 4 is 16.5 Å². The molecule has 0 unspecified atom stereocenters. The lowest BCUT2D eigenvalue weighted by Gasteiger charge is -2.00. The molecule has 0 fully saturated rings. The van der Waals surface area contributed by atoms with Crippen LogP contribution in [-0.4, -0.2) is 26.5 Å². The Balaban J connectivity index is 2.35. The van der Waals surface area contributed by atoms with Crippen LogP contribution in [0, 0.1) is 0 Å². The van der Waals surface area contributed by atoms with Crippen molar-refractivity contribution in [3.63, 3.8) is 0 Å². The van der Waals surface area contributed by atoms with E-state index in [0.29, 0.717) is 17.2 Å². The van der Waals surface area contributed by atoms with Crippen molar-refractivity contribution in [3.05, 3.63) is 22.5 Å². The number of aromatic nitrogens is 4. The zero-order chi connectivity index (χ0) is 12.3. The van der Waals surface area contributed by atoms with Gasteiger partial charge in [0, 0.05) is 19.2 Å². The maximum Gasteiger partial charge on any atom is 0.266 e. The fourth-order valence-electron chi connectivity index (χ4n) is 1.34. The Bertz CT molecular complexity index is 562. The molecule has 0 saturated carbocycles. The second kappa shape index (κ2) is 5.05. The van der Waals surface area contributed by atoms with Crippen LogP contribution in [0.5, 0.6) is 0 Å². The van der Waals surface area contributed by atoms with Crippen molar-refractivity contribution in [1.82, 2.24) is 20.0 Å². The summed E-state index contributed by atoms with van der Waals surface area (Å²) >= 11 is 1.42. The zero-order valence-electron chi connectivity index (χ0n) is 9.67. The van der Waals surface area contributed by atoms with Crippen LogP contribution >= 0.6 is 11.3 Å². The first-order valence-corrected chi connectivity index (χ1v) is 6.22.